The zero-order valence-corrected chi connectivity index (χ0v) is 15.2. The van der Waals surface area contributed by atoms with Gasteiger partial charge < -0.3 is 13.8 Å². The molecule has 0 bridgehead atoms. The highest BCUT2D eigenvalue weighted by Gasteiger charge is 2.42. The Bertz CT molecular complexity index is 1100. The molecule has 0 saturated carbocycles. The molecule has 4 aromatic rings. The summed E-state index contributed by atoms with van der Waals surface area (Å²) in [6.45, 7) is 1.77. The minimum absolute atomic E-state index is 0.265. The number of rotatable bonds is 5. The molecule has 0 radical (unpaired) electrons. The molecule has 1 fully saturated rings. The zero-order valence-electron chi connectivity index (χ0n) is 15.2. The number of halogens is 1. The quantitative estimate of drug-likeness (QED) is 0.532. The van der Waals surface area contributed by atoms with E-state index in [1.54, 1.807) is 12.1 Å². The number of hydrogen-bond acceptors (Lipinski definition) is 5. The number of ether oxygens (including phenoxy) is 1. The smallest absolute Gasteiger partial charge is 0.228 e. The molecule has 0 aliphatic carbocycles. The number of aromatic nitrogens is 4. The molecule has 1 atom stereocenters. The fourth-order valence-corrected chi connectivity index (χ4v) is 3.82. The van der Waals surface area contributed by atoms with Crippen molar-refractivity contribution in [2.45, 2.75) is 24.8 Å². The standard InChI is InChI=1S/C21H19FN4O2/c22-16-7-5-15(6-8-16)21(10-12-27-13-21)20-24-19(28-25-20)9-11-26-14-23-17-3-1-2-4-18(17)26/h1-8,14H,9-13H2/t21-/m0/s1. The second kappa shape index (κ2) is 6.83. The summed E-state index contributed by atoms with van der Waals surface area (Å²) in [5, 5.41) is 4.25. The van der Waals surface area contributed by atoms with E-state index < -0.39 is 5.41 Å². The third-order valence-electron chi connectivity index (χ3n) is 5.41. The van der Waals surface area contributed by atoms with Crippen LogP contribution in [0.25, 0.3) is 11.0 Å². The van der Waals surface area contributed by atoms with Gasteiger partial charge in [0.25, 0.3) is 0 Å². The molecule has 6 nitrogen and oxygen atoms in total. The first-order valence-corrected chi connectivity index (χ1v) is 9.31. The van der Waals surface area contributed by atoms with Gasteiger partial charge in [-0.2, -0.15) is 4.98 Å². The van der Waals surface area contributed by atoms with Gasteiger partial charge in [-0.25, -0.2) is 9.37 Å². The highest BCUT2D eigenvalue weighted by atomic mass is 19.1. The molecular formula is C21H19FN4O2. The Morgan fingerprint density at radius 1 is 1.11 bits per heavy atom. The Hall–Kier alpha value is -3.06. The summed E-state index contributed by atoms with van der Waals surface area (Å²) >= 11 is 0. The molecule has 28 heavy (non-hydrogen) atoms. The van der Waals surface area contributed by atoms with Crippen LogP contribution in [0.1, 0.15) is 23.7 Å². The van der Waals surface area contributed by atoms with Gasteiger partial charge in [0.15, 0.2) is 5.82 Å². The lowest BCUT2D eigenvalue weighted by molar-refractivity contribution is 0.182. The van der Waals surface area contributed by atoms with Crippen molar-refractivity contribution in [3.63, 3.8) is 0 Å². The summed E-state index contributed by atoms with van der Waals surface area (Å²) in [6, 6.07) is 14.5. The highest BCUT2D eigenvalue weighted by Crippen LogP contribution is 2.38. The fourth-order valence-electron chi connectivity index (χ4n) is 3.82. The molecule has 0 unspecified atom stereocenters. The van der Waals surface area contributed by atoms with E-state index in [-0.39, 0.29) is 5.82 Å². The van der Waals surface area contributed by atoms with Crippen LogP contribution < -0.4 is 0 Å². The summed E-state index contributed by atoms with van der Waals surface area (Å²) in [5.41, 5.74) is 2.50. The first-order chi connectivity index (χ1) is 13.7. The molecule has 5 rings (SSSR count). The van der Waals surface area contributed by atoms with E-state index in [9.17, 15) is 4.39 Å². The number of aryl methyl sites for hydroxylation is 2. The van der Waals surface area contributed by atoms with Crippen LogP contribution in [0, 0.1) is 5.82 Å². The molecule has 0 spiro atoms. The van der Waals surface area contributed by atoms with Crippen LogP contribution in [0.3, 0.4) is 0 Å². The molecule has 1 aliphatic rings. The largest absolute Gasteiger partial charge is 0.380 e. The van der Waals surface area contributed by atoms with Crippen LogP contribution >= 0.6 is 0 Å². The molecule has 0 amide bonds. The van der Waals surface area contributed by atoms with Gasteiger partial charge in [0.05, 0.1) is 29.4 Å². The average molecular weight is 378 g/mol. The number of imidazole rings is 1. The number of benzene rings is 2. The van der Waals surface area contributed by atoms with E-state index in [2.05, 4.69) is 19.7 Å². The second-order valence-electron chi connectivity index (χ2n) is 7.08. The fraction of sp³-hybridized carbons (Fsp3) is 0.286. The predicted molar refractivity (Wildman–Crippen MR) is 100 cm³/mol. The van der Waals surface area contributed by atoms with Gasteiger partial charge in [-0.3, -0.25) is 0 Å². The predicted octanol–water partition coefficient (Wildman–Crippen LogP) is 3.51. The SMILES string of the molecule is Fc1ccc([C@]2(c3noc(CCn4cnc5ccccc54)n3)CCOC2)cc1. The Labute approximate surface area is 161 Å². The number of para-hydroxylation sites is 2. The van der Waals surface area contributed by atoms with E-state index in [0.29, 0.717) is 37.9 Å². The van der Waals surface area contributed by atoms with Crippen LogP contribution in [-0.2, 0) is 23.1 Å². The summed E-state index contributed by atoms with van der Waals surface area (Å²) in [6.07, 6.45) is 3.17. The van der Waals surface area contributed by atoms with Crippen LogP contribution in [0.5, 0.6) is 0 Å². The Morgan fingerprint density at radius 2 is 1.96 bits per heavy atom. The molecule has 7 heteroatoms. The van der Waals surface area contributed by atoms with Crippen molar-refractivity contribution in [3.05, 3.63) is 78.0 Å². The lowest BCUT2D eigenvalue weighted by atomic mass is 9.79. The van der Waals surface area contributed by atoms with Crippen molar-refractivity contribution in [2.24, 2.45) is 0 Å². The highest BCUT2D eigenvalue weighted by molar-refractivity contribution is 5.74. The Morgan fingerprint density at radius 3 is 2.79 bits per heavy atom. The molecule has 2 aromatic carbocycles. The number of fused-ring (bicyclic) bond motifs is 1. The molecule has 3 heterocycles. The third kappa shape index (κ3) is 2.88. The minimum atomic E-state index is -0.489. The van der Waals surface area contributed by atoms with Crippen LogP contribution in [-0.4, -0.2) is 32.9 Å². The monoisotopic (exact) mass is 378 g/mol. The summed E-state index contributed by atoms with van der Waals surface area (Å²) < 4.78 is 26.6. The van der Waals surface area contributed by atoms with Crippen molar-refractivity contribution >= 4 is 11.0 Å². The molecule has 142 valence electrons. The maximum absolute atomic E-state index is 13.4. The maximum Gasteiger partial charge on any atom is 0.228 e. The van der Waals surface area contributed by atoms with E-state index in [0.717, 1.165) is 23.0 Å². The maximum atomic E-state index is 13.4. The van der Waals surface area contributed by atoms with Crippen LogP contribution in [0.15, 0.2) is 59.4 Å². The molecule has 1 saturated heterocycles. The molecular weight excluding hydrogens is 359 g/mol. The molecule has 0 N–H and O–H groups in total. The molecule has 1 aliphatic heterocycles. The normalized spacial score (nSPS) is 19.5. The molecule has 2 aromatic heterocycles. The Kier molecular flexibility index (Phi) is 4.16. The summed E-state index contributed by atoms with van der Waals surface area (Å²) in [5.74, 6) is 0.905. The van der Waals surface area contributed by atoms with E-state index in [4.69, 9.17) is 9.26 Å². The van der Waals surface area contributed by atoms with Crippen molar-refractivity contribution in [1.82, 2.24) is 19.7 Å². The lowest BCUT2D eigenvalue weighted by Crippen LogP contribution is -2.29. The van der Waals surface area contributed by atoms with Crippen molar-refractivity contribution in [1.29, 1.82) is 0 Å². The van der Waals surface area contributed by atoms with Crippen LogP contribution in [0.4, 0.5) is 4.39 Å². The van der Waals surface area contributed by atoms with Crippen LogP contribution in [0.2, 0.25) is 0 Å². The zero-order chi connectivity index (χ0) is 19.0. The van der Waals surface area contributed by atoms with Gasteiger partial charge in [-0.05, 0) is 36.2 Å². The van der Waals surface area contributed by atoms with Gasteiger partial charge in [0.1, 0.15) is 5.82 Å². The van der Waals surface area contributed by atoms with Gasteiger partial charge in [0.2, 0.25) is 5.89 Å². The Balaban J connectivity index is 1.39. The van der Waals surface area contributed by atoms with Crippen molar-refractivity contribution in [2.75, 3.05) is 13.2 Å². The summed E-state index contributed by atoms with van der Waals surface area (Å²) in [4.78, 5) is 9.06. The van der Waals surface area contributed by atoms with Gasteiger partial charge >= 0.3 is 0 Å². The van der Waals surface area contributed by atoms with Gasteiger partial charge in [-0.15, -0.1) is 0 Å². The van der Waals surface area contributed by atoms with Crippen molar-refractivity contribution < 1.29 is 13.7 Å². The van der Waals surface area contributed by atoms with E-state index in [1.165, 1.54) is 12.1 Å². The first-order valence-electron chi connectivity index (χ1n) is 9.31. The van der Waals surface area contributed by atoms with Gasteiger partial charge in [-0.1, -0.05) is 29.4 Å². The summed E-state index contributed by atoms with van der Waals surface area (Å²) in [7, 11) is 0. The van der Waals surface area contributed by atoms with E-state index >= 15 is 0 Å². The van der Waals surface area contributed by atoms with E-state index in [1.807, 2.05) is 30.6 Å². The first kappa shape index (κ1) is 17.1. The number of hydrogen-bond donors (Lipinski definition) is 0. The topological polar surface area (TPSA) is 66.0 Å². The van der Waals surface area contributed by atoms with Crippen molar-refractivity contribution in [3.8, 4) is 0 Å². The third-order valence-corrected chi connectivity index (χ3v) is 5.41. The second-order valence-corrected chi connectivity index (χ2v) is 7.08. The lowest BCUT2D eigenvalue weighted by Gasteiger charge is -2.23. The van der Waals surface area contributed by atoms with Gasteiger partial charge in [0, 0.05) is 19.6 Å². The minimum Gasteiger partial charge on any atom is -0.380 e. The average Bonchev–Trinajstić information content (AvgIpc) is 3.46. The number of nitrogens with zero attached hydrogens (tertiary/aromatic N) is 4.